The molecular weight excluding hydrogens is 300 g/mol. The first kappa shape index (κ1) is 14.9. The lowest BCUT2D eigenvalue weighted by Crippen LogP contribution is -2.43. The van der Waals surface area contributed by atoms with Gasteiger partial charge in [-0.25, -0.2) is 14.5 Å². The summed E-state index contributed by atoms with van der Waals surface area (Å²) in [6, 6.07) is 3.93. The largest absolute Gasteiger partial charge is 0.333 e. The molecule has 0 fully saturated rings. The Balaban J connectivity index is 1.64. The number of nitro benzene ring substituents is 1. The van der Waals surface area contributed by atoms with Crippen molar-refractivity contribution >= 4 is 17.4 Å². The van der Waals surface area contributed by atoms with Gasteiger partial charge in [-0.15, -0.1) is 0 Å². The van der Waals surface area contributed by atoms with Crippen LogP contribution in [0.1, 0.15) is 17.8 Å². The van der Waals surface area contributed by atoms with Gasteiger partial charge < -0.3 is 10.6 Å². The van der Waals surface area contributed by atoms with Gasteiger partial charge in [-0.1, -0.05) is 6.07 Å². The number of rotatable bonds is 3. The molecule has 0 spiro atoms. The Morgan fingerprint density at radius 1 is 1.48 bits per heavy atom. The molecule has 120 valence electrons. The maximum atomic E-state index is 12.1. The second-order valence-corrected chi connectivity index (χ2v) is 5.45. The third-order valence-electron chi connectivity index (χ3n) is 3.82. The lowest BCUT2D eigenvalue weighted by molar-refractivity contribution is -0.384. The first-order valence-electron chi connectivity index (χ1n) is 7.22. The summed E-state index contributed by atoms with van der Waals surface area (Å²) >= 11 is 0. The predicted molar refractivity (Wildman–Crippen MR) is 82.1 cm³/mol. The molecule has 0 bridgehead atoms. The van der Waals surface area contributed by atoms with Crippen LogP contribution in [0.2, 0.25) is 0 Å². The van der Waals surface area contributed by atoms with Gasteiger partial charge in [0.1, 0.15) is 12.2 Å². The van der Waals surface area contributed by atoms with Crippen LogP contribution in [0, 0.1) is 17.0 Å². The number of carbonyl (C=O) groups excluding carboxylic acids is 1. The molecule has 0 radical (unpaired) electrons. The molecule has 3 rings (SSSR count). The quantitative estimate of drug-likeness (QED) is 0.659. The normalized spacial score (nSPS) is 16.5. The Labute approximate surface area is 131 Å². The Morgan fingerprint density at radius 3 is 3.09 bits per heavy atom. The van der Waals surface area contributed by atoms with Crippen LogP contribution >= 0.6 is 0 Å². The molecule has 1 atom stereocenters. The minimum Gasteiger partial charge on any atom is -0.333 e. The SMILES string of the molecule is Cc1ccc([N+](=O)[O-])cc1NC(=O)N[C@H]1CCc2ncnn2C1. The monoisotopic (exact) mass is 316 g/mol. The number of hydrogen-bond donors (Lipinski definition) is 2. The fourth-order valence-electron chi connectivity index (χ4n) is 2.56. The standard InChI is InChI=1S/C14H16N6O3/c1-9-2-4-11(20(22)23)6-12(9)18-14(21)17-10-3-5-13-15-8-16-19(13)7-10/h2,4,6,8,10H,3,5,7H2,1H3,(H2,17,18,21)/t10-/m0/s1. The van der Waals surface area contributed by atoms with Gasteiger partial charge >= 0.3 is 6.03 Å². The van der Waals surface area contributed by atoms with Crippen LogP contribution in [0.4, 0.5) is 16.2 Å². The number of nitrogens with zero attached hydrogens (tertiary/aromatic N) is 4. The number of aromatic nitrogens is 3. The average molecular weight is 316 g/mol. The minimum absolute atomic E-state index is 0.0526. The van der Waals surface area contributed by atoms with Crippen molar-refractivity contribution < 1.29 is 9.72 Å². The Hall–Kier alpha value is -2.97. The Morgan fingerprint density at radius 2 is 2.30 bits per heavy atom. The Kier molecular flexibility index (Phi) is 3.92. The summed E-state index contributed by atoms with van der Waals surface area (Å²) in [7, 11) is 0. The number of fused-ring (bicyclic) bond motifs is 1. The summed E-state index contributed by atoms with van der Waals surface area (Å²) in [6.45, 7) is 2.35. The molecule has 23 heavy (non-hydrogen) atoms. The molecule has 0 unspecified atom stereocenters. The van der Waals surface area contributed by atoms with E-state index >= 15 is 0 Å². The second-order valence-electron chi connectivity index (χ2n) is 5.45. The summed E-state index contributed by atoms with van der Waals surface area (Å²) in [4.78, 5) is 26.6. The molecule has 2 aromatic rings. The zero-order chi connectivity index (χ0) is 16.4. The number of hydrogen-bond acceptors (Lipinski definition) is 5. The number of urea groups is 1. The highest BCUT2D eigenvalue weighted by Gasteiger charge is 2.21. The zero-order valence-corrected chi connectivity index (χ0v) is 12.5. The molecule has 9 heteroatoms. The van der Waals surface area contributed by atoms with E-state index in [9.17, 15) is 14.9 Å². The predicted octanol–water partition coefficient (Wildman–Crippen LogP) is 1.63. The van der Waals surface area contributed by atoms with E-state index < -0.39 is 4.92 Å². The first-order valence-corrected chi connectivity index (χ1v) is 7.22. The molecule has 0 saturated heterocycles. The van der Waals surface area contributed by atoms with Gasteiger partial charge in [0, 0.05) is 18.6 Å². The van der Waals surface area contributed by atoms with Crippen molar-refractivity contribution in [2.45, 2.75) is 32.4 Å². The minimum atomic E-state index is -0.490. The fourth-order valence-corrected chi connectivity index (χ4v) is 2.56. The van der Waals surface area contributed by atoms with E-state index in [-0.39, 0.29) is 17.8 Å². The van der Waals surface area contributed by atoms with Crippen LogP contribution in [-0.2, 0) is 13.0 Å². The van der Waals surface area contributed by atoms with Crippen LogP contribution in [-0.4, -0.2) is 31.8 Å². The van der Waals surface area contributed by atoms with Gasteiger partial charge in [-0.2, -0.15) is 5.10 Å². The molecule has 1 aliphatic heterocycles. The van der Waals surface area contributed by atoms with Crippen molar-refractivity contribution in [3.05, 3.63) is 46.0 Å². The highest BCUT2D eigenvalue weighted by Crippen LogP contribution is 2.22. The van der Waals surface area contributed by atoms with Crippen LogP contribution in [0.25, 0.3) is 0 Å². The van der Waals surface area contributed by atoms with Crippen molar-refractivity contribution in [3.8, 4) is 0 Å². The van der Waals surface area contributed by atoms with E-state index in [0.717, 1.165) is 24.2 Å². The van der Waals surface area contributed by atoms with Gasteiger partial charge in [-0.3, -0.25) is 10.1 Å². The zero-order valence-electron chi connectivity index (χ0n) is 12.5. The van der Waals surface area contributed by atoms with Crippen LogP contribution in [0.5, 0.6) is 0 Å². The van der Waals surface area contributed by atoms with E-state index in [1.54, 1.807) is 17.7 Å². The smallest absolute Gasteiger partial charge is 0.319 e. The van der Waals surface area contributed by atoms with E-state index in [1.165, 1.54) is 18.5 Å². The van der Waals surface area contributed by atoms with E-state index in [4.69, 9.17) is 0 Å². The highest BCUT2D eigenvalue weighted by molar-refractivity contribution is 5.90. The van der Waals surface area contributed by atoms with E-state index in [0.29, 0.717) is 12.2 Å². The molecule has 9 nitrogen and oxygen atoms in total. The molecule has 1 aromatic heterocycles. The average Bonchev–Trinajstić information content (AvgIpc) is 2.96. The first-order chi connectivity index (χ1) is 11.0. The van der Waals surface area contributed by atoms with Crippen molar-refractivity contribution in [3.63, 3.8) is 0 Å². The van der Waals surface area contributed by atoms with Gasteiger partial charge in [0.15, 0.2) is 0 Å². The van der Waals surface area contributed by atoms with Crippen LogP contribution in [0.3, 0.4) is 0 Å². The van der Waals surface area contributed by atoms with Gasteiger partial charge in [0.2, 0.25) is 0 Å². The highest BCUT2D eigenvalue weighted by atomic mass is 16.6. The number of carbonyl (C=O) groups is 1. The third-order valence-corrected chi connectivity index (χ3v) is 3.82. The van der Waals surface area contributed by atoms with Gasteiger partial charge in [-0.05, 0) is 18.9 Å². The Bertz CT molecular complexity index is 757. The van der Waals surface area contributed by atoms with E-state index in [2.05, 4.69) is 20.7 Å². The number of nitro groups is 1. The summed E-state index contributed by atoms with van der Waals surface area (Å²) in [5.41, 5.74) is 1.12. The maximum Gasteiger partial charge on any atom is 0.319 e. The van der Waals surface area contributed by atoms with E-state index in [1.807, 2.05) is 0 Å². The molecule has 2 N–H and O–H groups in total. The number of amides is 2. The molecule has 2 amide bonds. The summed E-state index contributed by atoms with van der Waals surface area (Å²) in [5.74, 6) is 0.915. The number of anilines is 1. The lowest BCUT2D eigenvalue weighted by atomic mass is 10.1. The van der Waals surface area contributed by atoms with Crippen molar-refractivity contribution in [2.75, 3.05) is 5.32 Å². The molecule has 1 aromatic carbocycles. The van der Waals surface area contributed by atoms with Crippen molar-refractivity contribution in [1.29, 1.82) is 0 Å². The summed E-state index contributed by atoms with van der Waals surface area (Å²) < 4.78 is 1.77. The second kappa shape index (κ2) is 6.03. The molecule has 1 aliphatic rings. The number of aryl methyl sites for hydroxylation is 2. The number of nitrogens with one attached hydrogen (secondary N) is 2. The van der Waals surface area contributed by atoms with Gasteiger partial charge in [0.05, 0.1) is 23.2 Å². The van der Waals surface area contributed by atoms with Crippen molar-refractivity contribution in [2.24, 2.45) is 0 Å². The summed E-state index contributed by atoms with van der Waals surface area (Å²) in [6.07, 6.45) is 3.03. The topological polar surface area (TPSA) is 115 Å². The molecule has 0 saturated carbocycles. The lowest BCUT2D eigenvalue weighted by Gasteiger charge is -2.23. The van der Waals surface area contributed by atoms with Crippen LogP contribution in [0.15, 0.2) is 24.5 Å². The van der Waals surface area contributed by atoms with Gasteiger partial charge in [0.25, 0.3) is 5.69 Å². The third kappa shape index (κ3) is 3.28. The maximum absolute atomic E-state index is 12.1. The summed E-state index contributed by atoms with van der Waals surface area (Å²) in [5, 5.41) is 20.5. The van der Waals surface area contributed by atoms with Crippen LogP contribution < -0.4 is 10.6 Å². The number of non-ortho nitro benzene ring substituents is 1. The molecule has 0 aliphatic carbocycles. The molecular formula is C14H16N6O3. The van der Waals surface area contributed by atoms with Crippen molar-refractivity contribution in [1.82, 2.24) is 20.1 Å². The fraction of sp³-hybridized carbons (Fsp3) is 0.357. The molecule has 2 heterocycles. The number of benzene rings is 1.